The average molecular weight is 466 g/mol. The molecule has 2 atom stereocenters. The van der Waals surface area contributed by atoms with Gasteiger partial charge in [-0.05, 0) is 47.5 Å². The summed E-state index contributed by atoms with van der Waals surface area (Å²) in [5, 5.41) is 8.85. The molecule has 3 aromatic rings. The third kappa shape index (κ3) is 4.49. The predicted octanol–water partition coefficient (Wildman–Crippen LogP) is 4.91. The van der Waals surface area contributed by atoms with Gasteiger partial charge in [-0.3, -0.25) is 4.72 Å². The second-order valence-corrected chi connectivity index (χ2v) is 9.49. The highest BCUT2D eigenvalue weighted by atomic mass is 32.2. The van der Waals surface area contributed by atoms with Crippen molar-refractivity contribution >= 4 is 15.7 Å². The molecular weight excluding hydrogens is 442 g/mol. The first-order valence-electron chi connectivity index (χ1n) is 10.6. The van der Waals surface area contributed by atoms with Crippen molar-refractivity contribution in [3.05, 3.63) is 77.9 Å². The standard InChI is InChI=1S/C24H23N3O5S/c1-30-19-8-4-17(5-9-19)22-15-21(25-26-22)16-2-6-18(7-3-16)27-33(28,29)20-10-11-23-24(14-20)32-13-12-31-23/h2-11,14,21-22,27H,12-13,15H2,1H3. The number of azo groups is 1. The smallest absolute Gasteiger partial charge is 0.262 e. The zero-order valence-corrected chi connectivity index (χ0v) is 18.8. The molecule has 0 bridgehead atoms. The van der Waals surface area contributed by atoms with E-state index >= 15 is 0 Å². The minimum Gasteiger partial charge on any atom is -0.497 e. The van der Waals surface area contributed by atoms with Gasteiger partial charge in [0.05, 0.1) is 24.1 Å². The summed E-state index contributed by atoms with van der Waals surface area (Å²) in [6.45, 7) is 0.842. The van der Waals surface area contributed by atoms with Crippen molar-refractivity contribution in [3.8, 4) is 17.2 Å². The van der Waals surface area contributed by atoms with Gasteiger partial charge in [-0.15, -0.1) is 0 Å². The van der Waals surface area contributed by atoms with Gasteiger partial charge in [-0.2, -0.15) is 10.2 Å². The number of hydrogen-bond acceptors (Lipinski definition) is 7. The summed E-state index contributed by atoms with van der Waals surface area (Å²) < 4.78 is 44.4. The number of anilines is 1. The summed E-state index contributed by atoms with van der Waals surface area (Å²) in [5.41, 5.74) is 2.54. The van der Waals surface area contributed by atoms with Crippen molar-refractivity contribution in [2.75, 3.05) is 25.0 Å². The maximum atomic E-state index is 12.8. The van der Waals surface area contributed by atoms with E-state index in [1.807, 2.05) is 36.4 Å². The molecule has 2 aliphatic rings. The lowest BCUT2D eigenvalue weighted by Gasteiger charge is -2.19. The van der Waals surface area contributed by atoms with E-state index in [0.717, 1.165) is 23.3 Å². The summed E-state index contributed by atoms with van der Waals surface area (Å²) in [6.07, 6.45) is 0.759. The van der Waals surface area contributed by atoms with E-state index < -0.39 is 10.0 Å². The third-order valence-electron chi connectivity index (χ3n) is 5.66. The highest BCUT2D eigenvalue weighted by molar-refractivity contribution is 7.92. The van der Waals surface area contributed by atoms with Crippen molar-refractivity contribution in [3.63, 3.8) is 0 Å². The Labute approximate surface area is 192 Å². The number of nitrogens with zero attached hydrogens (tertiary/aromatic N) is 2. The number of sulfonamides is 1. The number of rotatable bonds is 6. The van der Waals surface area contributed by atoms with Crippen LogP contribution in [0.1, 0.15) is 29.6 Å². The molecule has 0 saturated carbocycles. The molecule has 0 saturated heterocycles. The molecule has 33 heavy (non-hydrogen) atoms. The maximum absolute atomic E-state index is 12.8. The van der Waals surface area contributed by atoms with Gasteiger partial charge < -0.3 is 14.2 Å². The second-order valence-electron chi connectivity index (χ2n) is 7.80. The molecular formula is C24H23N3O5S. The molecule has 0 radical (unpaired) electrons. The molecule has 0 aliphatic carbocycles. The maximum Gasteiger partial charge on any atom is 0.262 e. The Hall–Kier alpha value is -3.59. The van der Waals surface area contributed by atoms with Crippen LogP contribution in [0.4, 0.5) is 5.69 Å². The zero-order valence-electron chi connectivity index (χ0n) is 18.0. The van der Waals surface area contributed by atoms with Crippen molar-refractivity contribution < 1.29 is 22.6 Å². The molecule has 0 amide bonds. The van der Waals surface area contributed by atoms with E-state index in [4.69, 9.17) is 14.2 Å². The molecule has 2 aliphatic heterocycles. The lowest BCUT2D eigenvalue weighted by Crippen LogP contribution is -2.17. The van der Waals surface area contributed by atoms with Crippen LogP contribution in [0, 0.1) is 0 Å². The highest BCUT2D eigenvalue weighted by Gasteiger charge is 2.25. The summed E-state index contributed by atoms with van der Waals surface area (Å²) >= 11 is 0. The average Bonchev–Trinajstić information content (AvgIpc) is 3.34. The van der Waals surface area contributed by atoms with Crippen molar-refractivity contribution in [2.24, 2.45) is 10.2 Å². The fourth-order valence-corrected chi connectivity index (χ4v) is 4.95. The van der Waals surface area contributed by atoms with E-state index in [2.05, 4.69) is 15.0 Å². The Morgan fingerprint density at radius 1 is 0.848 bits per heavy atom. The van der Waals surface area contributed by atoms with Gasteiger partial charge in [-0.25, -0.2) is 8.42 Å². The topological polar surface area (TPSA) is 98.6 Å². The van der Waals surface area contributed by atoms with Gasteiger partial charge in [0.1, 0.15) is 19.0 Å². The Bertz CT molecular complexity index is 1270. The molecule has 0 aromatic heterocycles. The Morgan fingerprint density at radius 2 is 1.45 bits per heavy atom. The Balaban J connectivity index is 1.25. The van der Waals surface area contributed by atoms with Crippen LogP contribution >= 0.6 is 0 Å². The number of benzene rings is 3. The van der Waals surface area contributed by atoms with E-state index in [9.17, 15) is 8.42 Å². The van der Waals surface area contributed by atoms with Crippen molar-refractivity contribution in [2.45, 2.75) is 23.4 Å². The molecule has 3 aromatic carbocycles. The van der Waals surface area contributed by atoms with Gasteiger partial charge in [0.25, 0.3) is 10.0 Å². The predicted molar refractivity (Wildman–Crippen MR) is 123 cm³/mol. The highest BCUT2D eigenvalue weighted by Crippen LogP contribution is 2.39. The van der Waals surface area contributed by atoms with Crippen molar-refractivity contribution in [1.82, 2.24) is 0 Å². The Kier molecular flexibility index (Phi) is 5.63. The first kappa shape index (κ1) is 21.3. The fourth-order valence-electron chi connectivity index (χ4n) is 3.88. The van der Waals surface area contributed by atoms with E-state index in [1.54, 1.807) is 25.3 Å². The molecule has 1 N–H and O–H groups in total. The number of fused-ring (bicyclic) bond motifs is 1. The fraction of sp³-hybridized carbons (Fsp3) is 0.250. The molecule has 2 unspecified atom stereocenters. The van der Waals surface area contributed by atoms with Crippen LogP contribution in [0.25, 0.3) is 0 Å². The lowest BCUT2D eigenvalue weighted by atomic mass is 9.97. The molecule has 8 nitrogen and oxygen atoms in total. The van der Waals surface area contributed by atoms with Crippen LogP contribution in [-0.2, 0) is 10.0 Å². The minimum absolute atomic E-state index is 0.00528. The summed E-state index contributed by atoms with van der Waals surface area (Å²) in [7, 11) is -2.13. The van der Waals surface area contributed by atoms with Gasteiger partial charge in [0.15, 0.2) is 11.5 Å². The van der Waals surface area contributed by atoms with Crippen LogP contribution in [0.3, 0.4) is 0 Å². The van der Waals surface area contributed by atoms with E-state index in [1.165, 1.54) is 12.1 Å². The molecule has 0 fully saturated rings. The number of hydrogen-bond donors (Lipinski definition) is 1. The summed E-state index contributed by atoms with van der Waals surface area (Å²) in [6, 6.07) is 19.6. The number of ether oxygens (including phenoxy) is 3. The lowest BCUT2D eigenvalue weighted by molar-refractivity contribution is 0.171. The normalized spacial score (nSPS) is 19.3. The Morgan fingerprint density at radius 3 is 2.09 bits per heavy atom. The van der Waals surface area contributed by atoms with Gasteiger partial charge in [0.2, 0.25) is 0 Å². The molecule has 9 heteroatoms. The largest absolute Gasteiger partial charge is 0.497 e. The SMILES string of the molecule is COc1ccc(C2CC(c3ccc(NS(=O)(=O)c4ccc5c(c4)OCCO5)cc3)N=N2)cc1. The van der Waals surface area contributed by atoms with Crippen LogP contribution in [0.5, 0.6) is 17.2 Å². The van der Waals surface area contributed by atoms with Gasteiger partial charge in [-0.1, -0.05) is 24.3 Å². The van der Waals surface area contributed by atoms with E-state index in [-0.39, 0.29) is 17.0 Å². The molecule has 170 valence electrons. The minimum atomic E-state index is -3.77. The van der Waals surface area contributed by atoms with Gasteiger partial charge in [0, 0.05) is 18.2 Å². The van der Waals surface area contributed by atoms with Gasteiger partial charge >= 0.3 is 0 Å². The van der Waals surface area contributed by atoms with Crippen molar-refractivity contribution in [1.29, 1.82) is 0 Å². The van der Waals surface area contributed by atoms with Crippen LogP contribution in [0.15, 0.2) is 81.9 Å². The van der Waals surface area contributed by atoms with Crippen LogP contribution in [0.2, 0.25) is 0 Å². The van der Waals surface area contributed by atoms with Crippen LogP contribution < -0.4 is 18.9 Å². The van der Waals surface area contributed by atoms with Crippen LogP contribution in [-0.4, -0.2) is 28.7 Å². The quantitative estimate of drug-likeness (QED) is 0.558. The third-order valence-corrected chi connectivity index (χ3v) is 7.04. The zero-order chi connectivity index (χ0) is 22.8. The molecule has 5 rings (SSSR count). The van der Waals surface area contributed by atoms with E-state index in [0.29, 0.717) is 30.4 Å². The number of nitrogens with one attached hydrogen (secondary N) is 1. The number of methoxy groups -OCH3 is 1. The monoisotopic (exact) mass is 465 g/mol. The first-order valence-corrected chi connectivity index (χ1v) is 12.1. The second kappa shape index (κ2) is 8.74. The summed E-state index contributed by atoms with van der Waals surface area (Å²) in [5.74, 6) is 1.78. The molecule has 2 heterocycles. The first-order chi connectivity index (χ1) is 16.0. The molecule has 0 spiro atoms. The summed E-state index contributed by atoms with van der Waals surface area (Å²) in [4.78, 5) is 0.114.